The first-order valence-electron chi connectivity index (χ1n) is 15.4. The molecule has 3 aromatic carbocycles. The summed E-state index contributed by atoms with van der Waals surface area (Å²) in [5, 5.41) is 14.2. The number of aliphatic hydroxyl groups is 1. The quantitative estimate of drug-likeness (QED) is 0.215. The van der Waals surface area contributed by atoms with Gasteiger partial charge in [0, 0.05) is 24.8 Å². The average molecular weight is 644 g/mol. The van der Waals surface area contributed by atoms with E-state index in [1.165, 1.54) is 11.7 Å². The van der Waals surface area contributed by atoms with Crippen molar-refractivity contribution in [2.45, 2.75) is 50.9 Å². The molecule has 1 saturated heterocycles. The Kier molecular flexibility index (Phi) is 10.4. The van der Waals surface area contributed by atoms with Crippen LogP contribution in [0.5, 0.6) is 11.5 Å². The first-order chi connectivity index (χ1) is 22.6. The molecule has 248 valence electrons. The molecule has 0 spiro atoms. The molecule has 2 heterocycles. The number of methoxy groups -OCH3 is 3. The minimum Gasteiger partial charge on any atom is -0.497 e. The SMILES string of the molecule is COc1ccc(C(OC[C@H]2O[C@@H](n3cc(C)c(NC(=O)C(C)C)nc3=O)[C@@H](OC)C2O)(c2ccccc2)c2ccc(OC)cc2)cc1. The third-order valence-electron chi connectivity index (χ3n) is 8.40. The normalized spacial score (nSPS) is 19.5. The lowest BCUT2D eigenvalue weighted by Crippen LogP contribution is -2.40. The van der Waals surface area contributed by atoms with Gasteiger partial charge in [-0.1, -0.05) is 68.4 Å². The number of hydrogen-bond acceptors (Lipinski definition) is 9. The number of aryl methyl sites for hydroxylation is 1. The second-order valence-electron chi connectivity index (χ2n) is 11.7. The Balaban J connectivity index is 1.52. The number of ether oxygens (including phenoxy) is 5. The van der Waals surface area contributed by atoms with Gasteiger partial charge in [0.1, 0.15) is 41.2 Å². The summed E-state index contributed by atoms with van der Waals surface area (Å²) >= 11 is 0. The van der Waals surface area contributed by atoms with Crippen molar-refractivity contribution in [3.63, 3.8) is 0 Å². The minimum absolute atomic E-state index is 0.0752. The number of benzene rings is 3. The van der Waals surface area contributed by atoms with E-state index < -0.39 is 35.8 Å². The molecule has 0 bridgehead atoms. The van der Waals surface area contributed by atoms with Crippen LogP contribution in [0.15, 0.2) is 89.9 Å². The van der Waals surface area contributed by atoms with Gasteiger partial charge >= 0.3 is 5.69 Å². The van der Waals surface area contributed by atoms with Gasteiger partial charge in [-0.05, 0) is 47.9 Å². The summed E-state index contributed by atoms with van der Waals surface area (Å²) in [5.41, 5.74) is 1.22. The van der Waals surface area contributed by atoms with Gasteiger partial charge in [0.2, 0.25) is 5.91 Å². The Morgan fingerprint density at radius 3 is 2.00 bits per heavy atom. The van der Waals surface area contributed by atoms with E-state index >= 15 is 0 Å². The summed E-state index contributed by atoms with van der Waals surface area (Å²) in [7, 11) is 4.66. The molecule has 1 unspecified atom stereocenters. The van der Waals surface area contributed by atoms with Crippen LogP contribution in [-0.4, -0.2) is 66.8 Å². The van der Waals surface area contributed by atoms with Crippen LogP contribution in [0, 0.1) is 12.8 Å². The van der Waals surface area contributed by atoms with Gasteiger partial charge in [0.25, 0.3) is 0 Å². The number of carbonyl (C=O) groups is 1. The first-order valence-corrected chi connectivity index (χ1v) is 15.4. The molecule has 47 heavy (non-hydrogen) atoms. The van der Waals surface area contributed by atoms with E-state index in [9.17, 15) is 14.7 Å². The molecule has 1 aromatic heterocycles. The van der Waals surface area contributed by atoms with Gasteiger partial charge in [-0.25, -0.2) is 4.79 Å². The van der Waals surface area contributed by atoms with Crippen LogP contribution >= 0.6 is 0 Å². The zero-order valence-electron chi connectivity index (χ0n) is 27.4. The Morgan fingerprint density at radius 2 is 1.49 bits per heavy atom. The molecule has 1 aliphatic rings. The standard InChI is InChI=1S/C36H41N3O8/c1-22(2)33(41)37-32-23(3)20-39(35(42)38-32)34-31(45-6)30(40)29(47-34)21-46-36(24-10-8-7-9-11-24,25-12-16-27(43-4)17-13-25)26-14-18-28(44-5)19-15-26/h7-20,22,29-31,34,40H,21H2,1-6H3,(H,37,38,41,42)/t29-,30?,31+,34-/m1/s1. The molecule has 11 heteroatoms. The van der Waals surface area contributed by atoms with E-state index in [4.69, 9.17) is 23.7 Å². The lowest BCUT2D eigenvalue weighted by Gasteiger charge is -2.37. The summed E-state index contributed by atoms with van der Waals surface area (Å²) in [6.07, 6.45) is -2.42. The molecule has 5 rings (SSSR count). The predicted octanol–water partition coefficient (Wildman–Crippen LogP) is 4.45. The van der Waals surface area contributed by atoms with Gasteiger partial charge in [0.15, 0.2) is 6.23 Å². The molecule has 0 radical (unpaired) electrons. The lowest BCUT2D eigenvalue weighted by molar-refractivity contribution is -0.118. The summed E-state index contributed by atoms with van der Waals surface area (Å²) in [5.74, 6) is 1.01. The van der Waals surface area contributed by atoms with E-state index in [1.807, 2.05) is 78.9 Å². The number of anilines is 1. The van der Waals surface area contributed by atoms with Gasteiger partial charge in [-0.15, -0.1) is 0 Å². The van der Waals surface area contributed by atoms with Gasteiger partial charge in [-0.3, -0.25) is 9.36 Å². The lowest BCUT2D eigenvalue weighted by atomic mass is 9.80. The van der Waals surface area contributed by atoms with E-state index in [0.29, 0.717) is 17.1 Å². The number of rotatable bonds is 12. The highest BCUT2D eigenvalue weighted by molar-refractivity contribution is 5.91. The molecule has 1 amide bonds. The number of nitrogens with one attached hydrogen (secondary N) is 1. The fourth-order valence-corrected chi connectivity index (χ4v) is 5.75. The van der Waals surface area contributed by atoms with Crippen LogP contribution in [0.4, 0.5) is 5.82 Å². The summed E-state index contributed by atoms with van der Waals surface area (Å²) in [6, 6.07) is 25.0. The van der Waals surface area contributed by atoms with Crippen molar-refractivity contribution in [2.75, 3.05) is 33.3 Å². The number of amides is 1. The van der Waals surface area contributed by atoms with Crippen LogP contribution in [0.1, 0.15) is 42.3 Å². The van der Waals surface area contributed by atoms with Crippen LogP contribution in [-0.2, 0) is 24.6 Å². The third-order valence-corrected chi connectivity index (χ3v) is 8.40. The predicted molar refractivity (Wildman–Crippen MR) is 176 cm³/mol. The molecule has 1 fully saturated rings. The summed E-state index contributed by atoms with van der Waals surface area (Å²) in [4.78, 5) is 29.6. The molecule has 0 saturated carbocycles. The van der Waals surface area contributed by atoms with E-state index in [0.717, 1.165) is 16.7 Å². The van der Waals surface area contributed by atoms with E-state index in [2.05, 4.69) is 10.3 Å². The maximum atomic E-state index is 13.2. The summed E-state index contributed by atoms with van der Waals surface area (Å²) in [6.45, 7) is 5.15. The second-order valence-corrected chi connectivity index (χ2v) is 11.7. The number of hydrogen-bond donors (Lipinski definition) is 2. The molecule has 0 aliphatic carbocycles. The molecular formula is C36H41N3O8. The highest BCUT2D eigenvalue weighted by Gasteiger charge is 2.48. The van der Waals surface area contributed by atoms with Crippen molar-refractivity contribution in [3.05, 3.63) is 118 Å². The first kappa shape index (κ1) is 33.8. The Morgan fingerprint density at radius 1 is 0.936 bits per heavy atom. The highest BCUT2D eigenvalue weighted by atomic mass is 16.6. The van der Waals surface area contributed by atoms with Crippen LogP contribution in [0.3, 0.4) is 0 Å². The van der Waals surface area contributed by atoms with E-state index in [-0.39, 0.29) is 24.2 Å². The molecule has 2 N–H and O–H groups in total. The Labute approximate surface area is 274 Å². The van der Waals surface area contributed by atoms with Gasteiger partial charge in [0.05, 0.1) is 20.8 Å². The van der Waals surface area contributed by atoms with Crippen molar-refractivity contribution >= 4 is 11.7 Å². The molecule has 4 atom stereocenters. The fraction of sp³-hybridized carbons (Fsp3) is 0.361. The van der Waals surface area contributed by atoms with Crippen LogP contribution in [0.25, 0.3) is 0 Å². The smallest absolute Gasteiger partial charge is 0.351 e. The van der Waals surface area contributed by atoms with Gasteiger partial charge in [-0.2, -0.15) is 4.98 Å². The van der Waals surface area contributed by atoms with Crippen LogP contribution < -0.4 is 20.5 Å². The van der Waals surface area contributed by atoms with Gasteiger partial charge < -0.3 is 34.1 Å². The van der Waals surface area contributed by atoms with Crippen LogP contribution in [0.2, 0.25) is 0 Å². The van der Waals surface area contributed by atoms with Crippen molar-refractivity contribution in [1.82, 2.24) is 9.55 Å². The summed E-state index contributed by atoms with van der Waals surface area (Å²) < 4.78 is 31.1. The molecule has 11 nitrogen and oxygen atoms in total. The maximum absolute atomic E-state index is 13.2. The van der Waals surface area contributed by atoms with Crippen molar-refractivity contribution in [2.24, 2.45) is 5.92 Å². The number of aliphatic hydroxyl groups excluding tert-OH is 1. The zero-order chi connectivity index (χ0) is 33.7. The number of aromatic nitrogens is 2. The minimum atomic E-state index is -1.15. The number of nitrogens with zero attached hydrogens (tertiary/aromatic N) is 2. The maximum Gasteiger partial charge on any atom is 0.351 e. The molecule has 1 aliphatic heterocycles. The molecule has 4 aromatic rings. The average Bonchev–Trinajstić information content (AvgIpc) is 3.41. The number of carbonyl (C=O) groups excluding carboxylic acids is 1. The van der Waals surface area contributed by atoms with Crippen molar-refractivity contribution in [1.29, 1.82) is 0 Å². The third kappa shape index (κ3) is 6.79. The second kappa shape index (κ2) is 14.5. The highest BCUT2D eigenvalue weighted by Crippen LogP contribution is 2.43. The largest absolute Gasteiger partial charge is 0.497 e. The molecular weight excluding hydrogens is 602 g/mol. The van der Waals surface area contributed by atoms with Crippen molar-refractivity contribution < 1.29 is 33.6 Å². The van der Waals surface area contributed by atoms with E-state index in [1.54, 1.807) is 41.2 Å². The Hall–Kier alpha value is -4.55. The topological polar surface area (TPSA) is 130 Å². The van der Waals surface area contributed by atoms with Crippen molar-refractivity contribution in [3.8, 4) is 11.5 Å². The fourth-order valence-electron chi connectivity index (χ4n) is 5.75. The monoisotopic (exact) mass is 643 g/mol. The zero-order valence-corrected chi connectivity index (χ0v) is 27.4. The Bertz CT molecular complexity index is 1660.